The molecule has 2 N–H and O–H groups in total. The maximum absolute atomic E-state index is 4.99. The minimum absolute atomic E-state index is 0.488. The lowest BCUT2D eigenvalue weighted by atomic mass is 10.1. The van der Waals surface area contributed by atoms with Crippen LogP contribution in [0.4, 0.5) is 5.82 Å². The molecule has 4 rings (SSSR count). The Kier molecular flexibility index (Phi) is 4.01. The standard InChI is InChI=1S/C17H20N4S/c1-2-4-13(5-3-1)10-14-6-7-16-17(20-14)21-9-8-18-11-15(21)12-19-22-16/h1-7,15,18-19H,8-12H2. The molecule has 0 saturated carbocycles. The Bertz CT molecular complexity index is 646. The first kappa shape index (κ1) is 14.1. The van der Waals surface area contributed by atoms with E-state index in [1.165, 1.54) is 10.5 Å². The highest BCUT2D eigenvalue weighted by Gasteiger charge is 2.28. The third-order valence-corrected chi connectivity index (χ3v) is 5.10. The van der Waals surface area contributed by atoms with Crippen molar-refractivity contribution < 1.29 is 0 Å². The number of rotatable bonds is 2. The molecule has 1 aromatic carbocycles. The van der Waals surface area contributed by atoms with E-state index in [0.29, 0.717) is 6.04 Å². The van der Waals surface area contributed by atoms with Crippen LogP contribution in [0.5, 0.6) is 0 Å². The fourth-order valence-corrected chi connectivity index (χ4v) is 3.92. The van der Waals surface area contributed by atoms with Crippen LogP contribution in [0.15, 0.2) is 47.4 Å². The van der Waals surface area contributed by atoms with Crippen LogP contribution in [-0.2, 0) is 6.42 Å². The second-order valence-corrected chi connectivity index (χ2v) is 6.72. The number of benzene rings is 1. The van der Waals surface area contributed by atoms with Gasteiger partial charge in [-0.25, -0.2) is 4.98 Å². The second-order valence-electron chi connectivity index (χ2n) is 5.79. The lowest BCUT2D eigenvalue weighted by Crippen LogP contribution is -2.54. The highest BCUT2D eigenvalue weighted by Crippen LogP contribution is 2.31. The Balaban J connectivity index is 1.65. The van der Waals surface area contributed by atoms with E-state index >= 15 is 0 Å². The summed E-state index contributed by atoms with van der Waals surface area (Å²) in [5, 5.41) is 3.48. The summed E-state index contributed by atoms with van der Waals surface area (Å²) in [5.41, 5.74) is 2.45. The van der Waals surface area contributed by atoms with Gasteiger partial charge >= 0.3 is 0 Å². The van der Waals surface area contributed by atoms with E-state index in [1.54, 1.807) is 11.9 Å². The van der Waals surface area contributed by atoms with Gasteiger partial charge in [0.05, 0.1) is 10.9 Å². The zero-order chi connectivity index (χ0) is 14.8. The van der Waals surface area contributed by atoms with Crippen LogP contribution in [0, 0.1) is 0 Å². The molecular weight excluding hydrogens is 292 g/mol. The number of nitrogens with one attached hydrogen (secondary N) is 2. The molecule has 4 nitrogen and oxygen atoms in total. The Hall–Kier alpha value is -1.56. The van der Waals surface area contributed by atoms with E-state index in [2.05, 4.69) is 57.4 Å². The number of hydrogen-bond acceptors (Lipinski definition) is 5. The van der Waals surface area contributed by atoms with Crippen molar-refractivity contribution in [1.29, 1.82) is 0 Å². The predicted molar refractivity (Wildman–Crippen MR) is 91.3 cm³/mol. The molecule has 114 valence electrons. The molecule has 5 heteroatoms. The van der Waals surface area contributed by atoms with Gasteiger partial charge in [0, 0.05) is 38.3 Å². The minimum atomic E-state index is 0.488. The van der Waals surface area contributed by atoms with E-state index in [0.717, 1.165) is 44.1 Å². The summed E-state index contributed by atoms with van der Waals surface area (Å²) in [6, 6.07) is 15.4. The fourth-order valence-electron chi connectivity index (χ4n) is 3.10. The van der Waals surface area contributed by atoms with Gasteiger partial charge in [-0.1, -0.05) is 30.3 Å². The predicted octanol–water partition coefficient (Wildman–Crippen LogP) is 2.06. The highest BCUT2D eigenvalue weighted by molar-refractivity contribution is 7.97. The normalized spacial score (nSPS) is 20.9. The molecule has 0 amide bonds. The van der Waals surface area contributed by atoms with Crippen molar-refractivity contribution in [3.8, 4) is 0 Å². The topological polar surface area (TPSA) is 40.2 Å². The zero-order valence-corrected chi connectivity index (χ0v) is 13.3. The molecule has 1 aromatic heterocycles. The number of aromatic nitrogens is 1. The molecule has 0 aliphatic carbocycles. The summed E-state index contributed by atoms with van der Waals surface area (Å²) in [4.78, 5) is 8.69. The van der Waals surface area contributed by atoms with Gasteiger partial charge in [0.1, 0.15) is 5.82 Å². The zero-order valence-electron chi connectivity index (χ0n) is 12.5. The van der Waals surface area contributed by atoms with Crippen LogP contribution >= 0.6 is 11.9 Å². The van der Waals surface area contributed by atoms with Gasteiger partial charge in [0.15, 0.2) is 0 Å². The molecular formula is C17H20N4S. The maximum Gasteiger partial charge on any atom is 0.144 e. The number of hydrogen-bond donors (Lipinski definition) is 2. The van der Waals surface area contributed by atoms with E-state index in [-0.39, 0.29) is 0 Å². The maximum atomic E-state index is 4.99. The largest absolute Gasteiger partial charge is 0.349 e. The molecule has 0 radical (unpaired) electrons. The molecule has 2 aromatic rings. The first-order valence-corrected chi connectivity index (χ1v) is 8.63. The molecule has 1 atom stereocenters. The summed E-state index contributed by atoms with van der Waals surface area (Å²) >= 11 is 1.71. The van der Waals surface area contributed by atoms with Gasteiger partial charge in [0.2, 0.25) is 0 Å². The van der Waals surface area contributed by atoms with E-state index < -0.39 is 0 Å². The van der Waals surface area contributed by atoms with Gasteiger partial charge in [-0.15, -0.1) is 0 Å². The third-order valence-electron chi connectivity index (χ3n) is 4.25. The summed E-state index contributed by atoms with van der Waals surface area (Å²) < 4.78 is 3.47. The molecule has 1 saturated heterocycles. The van der Waals surface area contributed by atoms with E-state index in [4.69, 9.17) is 4.98 Å². The van der Waals surface area contributed by atoms with Gasteiger partial charge in [-0.3, -0.25) is 4.72 Å². The Morgan fingerprint density at radius 2 is 2.05 bits per heavy atom. The third kappa shape index (κ3) is 2.84. The molecule has 1 unspecified atom stereocenters. The van der Waals surface area contributed by atoms with Crippen molar-refractivity contribution in [3.63, 3.8) is 0 Å². The van der Waals surface area contributed by atoms with Crippen LogP contribution in [-0.4, -0.2) is 37.2 Å². The molecule has 2 aliphatic heterocycles. The Labute approximate surface area is 135 Å². The smallest absolute Gasteiger partial charge is 0.144 e. The second kappa shape index (κ2) is 6.28. The van der Waals surface area contributed by atoms with Gasteiger partial charge in [0.25, 0.3) is 0 Å². The summed E-state index contributed by atoms with van der Waals surface area (Å²) in [6.07, 6.45) is 0.892. The quantitative estimate of drug-likeness (QED) is 0.831. The molecule has 22 heavy (non-hydrogen) atoms. The van der Waals surface area contributed by atoms with Crippen LogP contribution in [0.1, 0.15) is 11.3 Å². The van der Waals surface area contributed by atoms with Crippen molar-refractivity contribution >= 4 is 17.8 Å². The van der Waals surface area contributed by atoms with Crippen molar-refractivity contribution in [1.82, 2.24) is 15.0 Å². The Morgan fingerprint density at radius 3 is 2.95 bits per heavy atom. The lowest BCUT2D eigenvalue weighted by Gasteiger charge is -2.36. The number of pyridine rings is 1. The van der Waals surface area contributed by atoms with E-state index in [1.807, 2.05) is 0 Å². The number of anilines is 1. The molecule has 1 fully saturated rings. The lowest BCUT2D eigenvalue weighted by molar-refractivity contribution is 0.472. The molecule has 0 spiro atoms. The highest BCUT2D eigenvalue weighted by atomic mass is 32.2. The summed E-state index contributed by atoms with van der Waals surface area (Å²) in [5.74, 6) is 1.15. The van der Waals surface area contributed by atoms with E-state index in [9.17, 15) is 0 Å². The van der Waals surface area contributed by atoms with Gasteiger partial charge in [-0.2, -0.15) is 0 Å². The minimum Gasteiger partial charge on any atom is -0.349 e. The first-order valence-electron chi connectivity index (χ1n) is 7.81. The Morgan fingerprint density at radius 1 is 1.14 bits per heavy atom. The van der Waals surface area contributed by atoms with Gasteiger partial charge < -0.3 is 10.2 Å². The van der Waals surface area contributed by atoms with Crippen LogP contribution < -0.4 is 14.9 Å². The summed E-state index contributed by atoms with van der Waals surface area (Å²) in [6.45, 7) is 4.08. The number of piperazine rings is 1. The molecule has 0 bridgehead atoms. The average Bonchev–Trinajstić information content (AvgIpc) is 2.75. The first-order chi connectivity index (χ1) is 10.9. The monoisotopic (exact) mass is 312 g/mol. The van der Waals surface area contributed by atoms with Crippen LogP contribution in [0.3, 0.4) is 0 Å². The molecule has 3 heterocycles. The molecule has 2 aliphatic rings. The fraction of sp³-hybridized carbons (Fsp3) is 0.353. The van der Waals surface area contributed by atoms with Crippen LogP contribution in [0.2, 0.25) is 0 Å². The number of nitrogens with zero attached hydrogens (tertiary/aromatic N) is 2. The van der Waals surface area contributed by atoms with Crippen molar-refractivity contribution in [2.24, 2.45) is 0 Å². The number of fused-ring (bicyclic) bond motifs is 3. The van der Waals surface area contributed by atoms with Crippen molar-refractivity contribution in [3.05, 3.63) is 53.7 Å². The van der Waals surface area contributed by atoms with Gasteiger partial charge in [-0.05, 0) is 29.6 Å². The van der Waals surface area contributed by atoms with Crippen molar-refractivity contribution in [2.75, 3.05) is 31.1 Å². The summed E-state index contributed by atoms with van der Waals surface area (Å²) in [7, 11) is 0. The SMILES string of the molecule is c1ccc(Cc2ccc3c(n2)N2CCNCC2CNS3)cc1. The average molecular weight is 312 g/mol. The van der Waals surface area contributed by atoms with Crippen molar-refractivity contribution in [2.45, 2.75) is 17.4 Å². The van der Waals surface area contributed by atoms with Crippen LogP contribution in [0.25, 0.3) is 0 Å².